The molecule has 2 aliphatic rings. The first kappa shape index (κ1) is 26.1. The van der Waals surface area contributed by atoms with Crippen molar-refractivity contribution < 1.29 is 33.6 Å². The lowest BCUT2D eigenvalue weighted by Gasteiger charge is -2.46. The molecule has 0 spiro atoms. The quantitative estimate of drug-likeness (QED) is 0.538. The Hall–Kier alpha value is -2.48. The predicted molar refractivity (Wildman–Crippen MR) is 128 cm³/mol. The Balaban J connectivity index is 2.10. The van der Waals surface area contributed by atoms with Gasteiger partial charge in [-0.05, 0) is 55.7 Å². The number of methoxy groups -OCH3 is 4. The van der Waals surface area contributed by atoms with E-state index in [0.717, 1.165) is 50.5 Å². The highest BCUT2D eigenvalue weighted by Crippen LogP contribution is 2.46. The van der Waals surface area contributed by atoms with E-state index in [1.165, 1.54) is 0 Å². The summed E-state index contributed by atoms with van der Waals surface area (Å²) >= 11 is 0. The van der Waals surface area contributed by atoms with Gasteiger partial charge in [0.1, 0.15) is 5.54 Å². The normalized spacial score (nSPS) is 22.2. The van der Waals surface area contributed by atoms with Crippen LogP contribution in [0.2, 0.25) is 0 Å². The largest absolute Gasteiger partial charge is 0.493 e. The number of rotatable bonds is 10. The van der Waals surface area contributed by atoms with Crippen LogP contribution in [0.1, 0.15) is 69.3 Å². The van der Waals surface area contributed by atoms with Crippen LogP contribution in [0.3, 0.4) is 0 Å². The van der Waals surface area contributed by atoms with Gasteiger partial charge in [0, 0.05) is 26.7 Å². The minimum absolute atomic E-state index is 0.125. The van der Waals surface area contributed by atoms with Crippen molar-refractivity contribution >= 4 is 11.9 Å². The molecule has 8 heteroatoms. The van der Waals surface area contributed by atoms with E-state index in [1.54, 1.807) is 33.3 Å². The maximum Gasteiger partial charge on any atom is 0.329 e. The first-order valence-electron chi connectivity index (χ1n) is 12.3. The van der Waals surface area contributed by atoms with Gasteiger partial charge in [0.05, 0.1) is 27.2 Å². The van der Waals surface area contributed by atoms with E-state index in [2.05, 4.69) is 0 Å². The van der Waals surface area contributed by atoms with Gasteiger partial charge in [-0.25, -0.2) is 4.79 Å². The van der Waals surface area contributed by atoms with Crippen molar-refractivity contribution in [2.75, 3.05) is 41.6 Å². The molecule has 2 unspecified atom stereocenters. The number of carbonyl (C=O) groups is 2. The molecule has 1 saturated heterocycles. The zero-order valence-corrected chi connectivity index (χ0v) is 20.9. The van der Waals surface area contributed by atoms with E-state index >= 15 is 0 Å². The number of aliphatic carboxylic acids is 1. The second kappa shape index (κ2) is 11.8. The molecule has 2 fully saturated rings. The molecule has 1 aromatic carbocycles. The second-order valence-electron chi connectivity index (χ2n) is 9.36. The smallest absolute Gasteiger partial charge is 0.329 e. The maximum absolute atomic E-state index is 14.3. The van der Waals surface area contributed by atoms with Gasteiger partial charge in [-0.1, -0.05) is 19.3 Å². The van der Waals surface area contributed by atoms with Crippen LogP contribution in [0, 0.1) is 5.92 Å². The van der Waals surface area contributed by atoms with Crippen molar-refractivity contribution in [1.82, 2.24) is 4.90 Å². The van der Waals surface area contributed by atoms with Gasteiger partial charge in [0.2, 0.25) is 11.7 Å². The molecule has 34 heavy (non-hydrogen) atoms. The molecule has 1 amide bonds. The van der Waals surface area contributed by atoms with Crippen molar-refractivity contribution in [2.45, 2.75) is 69.2 Å². The Morgan fingerprint density at radius 2 is 1.65 bits per heavy atom. The molecule has 1 aliphatic heterocycles. The SMILES string of the molecule is COCCC1(C(=O)O)CCCCN1C(=O)C(c1cc(OC)c(OC)c(OC)c1)C1CCCCC1. The van der Waals surface area contributed by atoms with Crippen LogP contribution in [0.15, 0.2) is 12.1 Å². The molecule has 8 nitrogen and oxygen atoms in total. The number of likely N-dealkylation sites (tertiary alicyclic amines) is 1. The number of carboxylic acid groups (broad SMARTS) is 1. The van der Waals surface area contributed by atoms with Crippen LogP contribution >= 0.6 is 0 Å². The highest BCUT2D eigenvalue weighted by atomic mass is 16.5. The summed E-state index contributed by atoms with van der Waals surface area (Å²) in [7, 11) is 6.23. The maximum atomic E-state index is 14.3. The molecular weight excluding hydrogens is 438 g/mol. The van der Waals surface area contributed by atoms with Gasteiger partial charge in [-0.3, -0.25) is 4.79 Å². The number of piperidine rings is 1. The van der Waals surface area contributed by atoms with Crippen molar-refractivity contribution in [3.63, 3.8) is 0 Å². The second-order valence-corrected chi connectivity index (χ2v) is 9.36. The molecule has 1 N–H and O–H groups in total. The Labute approximate surface area is 202 Å². The molecule has 0 aromatic heterocycles. The highest BCUT2D eigenvalue weighted by molar-refractivity contribution is 5.91. The number of ether oxygens (including phenoxy) is 4. The fourth-order valence-electron chi connectivity index (χ4n) is 5.75. The molecule has 0 radical (unpaired) electrons. The van der Waals surface area contributed by atoms with Crippen LogP contribution in [0.5, 0.6) is 17.2 Å². The summed E-state index contributed by atoms with van der Waals surface area (Å²) in [6, 6.07) is 3.69. The molecular formula is C26H39NO7. The Morgan fingerprint density at radius 1 is 1.00 bits per heavy atom. The van der Waals surface area contributed by atoms with E-state index in [-0.39, 0.29) is 24.9 Å². The average molecular weight is 478 g/mol. The van der Waals surface area contributed by atoms with E-state index in [9.17, 15) is 14.7 Å². The van der Waals surface area contributed by atoms with Crippen molar-refractivity contribution in [3.05, 3.63) is 17.7 Å². The number of amides is 1. The van der Waals surface area contributed by atoms with E-state index < -0.39 is 17.4 Å². The minimum atomic E-state index is -1.25. The third kappa shape index (κ3) is 5.11. The van der Waals surface area contributed by atoms with E-state index in [0.29, 0.717) is 30.2 Å². The van der Waals surface area contributed by atoms with Gasteiger partial charge >= 0.3 is 5.97 Å². The number of carboxylic acids is 1. The molecule has 0 bridgehead atoms. The average Bonchev–Trinajstić information content (AvgIpc) is 2.87. The number of hydrogen-bond acceptors (Lipinski definition) is 6. The number of benzene rings is 1. The zero-order chi connectivity index (χ0) is 24.7. The summed E-state index contributed by atoms with van der Waals surface area (Å²) in [4.78, 5) is 28.6. The van der Waals surface area contributed by atoms with Gasteiger partial charge in [-0.2, -0.15) is 0 Å². The first-order valence-corrected chi connectivity index (χ1v) is 12.3. The molecule has 190 valence electrons. The summed E-state index contributed by atoms with van der Waals surface area (Å²) in [5.41, 5.74) is -0.471. The molecule has 1 saturated carbocycles. The highest BCUT2D eigenvalue weighted by Gasteiger charge is 2.50. The summed E-state index contributed by atoms with van der Waals surface area (Å²) < 4.78 is 21.9. The summed E-state index contributed by atoms with van der Waals surface area (Å²) in [5, 5.41) is 10.3. The Kier molecular flexibility index (Phi) is 9.05. The standard InChI is InChI=1S/C26H39NO7/c1-31-15-13-26(25(29)30)12-8-9-14-27(26)24(28)22(18-10-6-5-7-11-18)19-16-20(32-2)23(34-4)21(17-19)33-3/h16-18,22H,5-15H2,1-4H3,(H,29,30). The van der Waals surface area contributed by atoms with Crippen molar-refractivity contribution in [3.8, 4) is 17.2 Å². The molecule has 1 heterocycles. The predicted octanol–water partition coefficient (Wildman–Crippen LogP) is 4.25. The van der Waals surface area contributed by atoms with Crippen molar-refractivity contribution in [2.24, 2.45) is 5.92 Å². The molecule has 3 rings (SSSR count). The van der Waals surface area contributed by atoms with Crippen LogP contribution in [-0.4, -0.2) is 69.0 Å². The number of nitrogens with zero attached hydrogens (tertiary/aromatic N) is 1. The van der Waals surface area contributed by atoms with E-state index in [1.807, 2.05) is 12.1 Å². The number of carbonyl (C=O) groups excluding carboxylic acids is 1. The topological polar surface area (TPSA) is 94.5 Å². The first-order chi connectivity index (χ1) is 16.4. The van der Waals surface area contributed by atoms with Gasteiger partial charge < -0.3 is 29.0 Å². The monoisotopic (exact) mass is 477 g/mol. The van der Waals surface area contributed by atoms with Gasteiger partial charge in [-0.15, -0.1) is 0 Å². The van der Waals surface area contributed by atoms with Crippen LogP contribution < -0.4 is 14.2 Å². The lowest BCUT2D eigenvalue weighted by molar-refractivity contribution is -0.165. The Morgan fingerprint density at radius 3 is 2.18 bits per heavy atom. The molecule has 1 aromatic rings. The van der Waals surface area contributed by atoms with Crippen LogP contribution in [0.4, 0.5) is 0 Å². The van der Waals surface area contributed by atoms with Crippen molar-refractivity contribution in [1.29, 1.82) is 0 Å². The zero-order valence-electron chi connectivity index (χ0n) is 20.9. The molecule has 2 atom stereocenters. The molecule has 1 aliphatic carbocycles. The minimum Gasteiger partial charge on any atom is -0.493 e. The third-order valence-electron chi connectivity index (χ3n) is 7.56. The Bertz CT molecular complexity index is 827. The van der Waals surface area contributed by atoms with Gasteiger partial charge in [0.15, 0.2) is 11.5 Å². The lowest BCUT2D eigenvalue weighted by Crippen LogP contribution is -2.61. The third-order valence-corrected chi connectivity index (χ3v) is 7.56. The van der Waals surface area contributed by atoms with Crippen LogP contribution in [0.25, 0.3) is 0 Å². The van der Waals surface area contributed by atoms with Crippen LogP contribution in [-0.2, 0) is 14.3 Å². The fourth-order valence-corrected chi connectivity index (χ4v) is 5.75. The summed E-state index contributed by atoms with van der Waals surface area (Å²) in [6.07, 6.45) is 7.42. The fraction of sp³-hybridized carbons (Fsp3) is 0.692. The lowest BCUT2D eigenvalue weighted by atomic mass is 9.74. The number of hydrogen-bond donors (Lipinski definition) is 1. The summed E-state index contributed by atoms with van der Waals surface area (Å²) in [6.45, 7) is 0.719. The summed E-state index contributed by atoms with van der Waals surface area (Å²) in [5.74, 6) is 0.0278. The van der Waals surface area contributed by atoms with Gasteiger partial charge in [0.25, 0.3) is 0 Å². The van der Waals surface area contributed by atoms with E-state index in [4.69, 9.17) is 18.9 Å².